The molecule has 1 amide bonds. The van der Waals surface area contributed by atoms with E-state index >= 15 is 0 Å². The molecule has 0 atom stereocenters. The van der Waals surface area contributed by atoms with Crippen LogP contribution in [0.25, 0.3) is 10.2 Å². The molecule has 0 spiro atoms. The first-order chi connectivity index (χ1) is 15.1. The van der Waals surface area contributed by atoms with E-state index in [1.54, 1.807) is 23.1 Å². The molecule has 9 heteroatoms. The lowest BCUT2D eigenvalue weighted by molar-refractivity contribution is 0.0951. The van der Waals surface area contributed by atoms with Crippen LogP contribution in [-0.4, -0.2) is 29.1 Å². The van der Waals surface area contributed by atoms with Crippen LogP contribution in [0.2, 0.25) is 5.02 Å². The maximum absolute atomic E-state index is 12.7. The van der Waals surface area contributed by atoms with Crippen LogP contribution < -0.4 is 10.6 Å². The molecule has 31 heavy (non-hydrogen) atoms. The Bertz CT molecular complexity index is 1190. The Labute approximate surface area is 193 Å². The second-order valence-corrected chi connectivity index (χ2v) is 9.43. The second-order valence-electron chi connectivity index (χ2n) is 6.87. The van der Waals surface area contributed by atoms with E-state index in [9.17, 15) is 4.79 Å². The molecule has 0 saturated carbocycles. The molecule has 0 saturated heterocycles. The third-order valence-electron chi connectivity index (χ3n) is 4.44. The lowest BCUT2D eigenvalue weighted by atomic mass is 10.2. The van der Waals surface area contributed by atoms with Gasteiger partial charge in [-0.25, -0.2) is 4.98 Å². The van der Waals surface area contributed by atoms with E-state index in [2.05, 4.69) is 20.8 Å². The SMILES string of the molecule is Cc1cc(CSc2ccccc2C(=O)NCCNCc2nc3cc(Cl)ccc3s2)no1. The number of aryl methyl sites for hydroxylation is 1. The number of nitrogens with one attached hydrogen (secondary N) is 2. The predicted octanol–water partition coefficient (Wildman–Crippen LogP) is 5.06. The van der Waals surface area contributed by atoms with Crippen LogP contribution in [0, 0.1) is 6.92 Å². The number of rotatable bonds is 9. The zero-order valence-electron chi connectivity index (χ0n) is 16.9. The van der Waals surface area contributed by atoms with E-state index < -0.39 is 0 Å². The summed E-state index contributed by atoms with van der Waals surface area (Å²) in [6, 6.07) is 15.2. The standard InChI is InChI=1S/C22H21ClN4O2S2/c1-14-10-16(27-29-14)13-30-19-5-3-2-4-17(19)22(28)25-9-8-24-12-21-26-18-11-15(23)6-7-20(18)31-21/h2-7,10-11,24H,8-9,12-13H2,1H3,(H,25,28). The predicted molar refractivity (Wildman–Crippen MR) is 126 cm³/mol. The molecule has 0 aliphatic rings. The summed E-state index contributed by atoms with van der Waals surface area (Å²) in [5.74, 6) is 1.34. The van der Waals surface area contributed by atoms with Gasteiger partial charge in [-0.1, -0.05) is 28.9 Å². The van der Waals surface area contributed by atoms with E-state index in [0.29, 0.717) is 36.0 Å². The van der Waals surface area contributed by atoms with E-state index in [-0.39, 0.29) is 5.91 Å². The molecule has 2 aromatic carbocycles. The van der Waals surface area contributed by atoms with Crippen LogP contribution >= 0.6 is 34.7 Å². The van der Waals surface area contributed by atoms with Gasteiger partial charge in [0.05, 0.1) is 21.5 Å². The van der Waals surface area contributed by atoms with Gasteiger partial charge in [0, 0.05) is 41.4 Å². The van der Waals surface area contributed by atoms with Crippen LogP contribution in [0.1, 0.15) is 26.8 Å². The molecular weight excluding hydrogens is 452 g/mol. The van der Waals surface area contributed by atoms with Gasteiger partial charge >= 0.3 is 0 Å². The zero-order valence-corrected chi connectivity index (χ0v) is 19.2. The number of aromatic nitrogens is 2. The van der Waals surface area contributed by atoms with Crippen molar-refractivity contribution in [1.82, 2.24) is 20.8 Å². The Hall–Kier alpha value is -2.39. The molecule has 0 bridgehead atoms. The Kier molecular flexibility index (Phi) is 7.24. The number of carbonyl (C=O) groups excluding carboxylic acids is 1. The van der Waals surface area contributed by atoms with Crippen molar-refractivity contribution in [3.8, 4) is 0 Å². The number of fused-ring (bicyclic) bond motifs is 1. The molecule has 0 aliphatic heterocycles. The normalized spacial score (nSPS) is 11.2. The number of thioether (sulfide) groups is 1. The smallest absolute Gasteiger partial charge is 0.252 e. The Balaban J connectivity index is 1.24. The molecular formula is C22H21ClN4O2S2. The van der Waals surface area contributed by atoms with Crippen LogP contribution in [-0.2, 0) is 12.3 Å². The number of amides is 1. The van der Waals surface area contributed by atoms with Crippen molar-refractivity contribution in [2.24, 2.45) is 0 Å². The maximum atomic E-state index is 12.7. The fraction of sp³-hybridized carbons (Fsp3) is 0.227. The summed E-state index contributed by atoms with van der Waals surface area (Å²) in [5, 5.41) is 12.0. The van der Waals surface area contributed by atoms with Crippen molar-refractivity contribution in [3.63, 3.8) is 0 Å². The molecule has 0 radical (unpaired) electrons. The lowest BCUT2D eigenvalue weighted by Gasteiger charge is -2.09. The van der Waals surface area contributed by atoms with Crippen molar-refractivity contribution in [3.05, 3.63) is 75.6 Å². The van der Waals surface area contributed by atoms with Gasteiger partial charge in [-0.15, -0.1) is 23.1 Å². The van der Waals surface area contributed by atoms with E-state index in [1.807, 2.05) is 55.5 Å². The van der Waals surface area contributed by atoms with Gasteiger partial charge < -0.3 is 15.2 Å². The molecule has 4 rings (SSSR count). The molecule has 4 aromatic rings. The fourth-order valence-corrected chi connectivity index (χ4v) is 5.01. The minimum atomic E-state index is -0.0872. The van der Waals surface area contributed by atoms with Gasteiger partial charge in [-0.3, -0.25) is 4.79 Å². The summed E-state index contributed by atoms with van der Waals surface area (Å²) < 4.78 is 6.22. The van der Waals surface area contributed by atoms with Crippen molar-refractivity contribution in [2.75, 3.05) is 13.1 Å². The quantitative estimate of drug-likeness (QED) is 0.262. The minimum Gasteiger partial charge on any atom is -0.361 e. The number of benzene rings is 2. The topological polar surface area (TPSA) is 80.0 Å². The Morgan fingerprint density at radius 2 is 2.06 bits per heavy atom. The largest absolute Gasteiger partial charge is 0.361 e. The molecule has 0 aliphatic carbocycles. The highest BCUT2D eigenvalue weighted by Crippen LogP contribution is 2.26. The van der Waals surface area contributed by atoms with Crippen LogP contribution in [0.5, 0.6) is 0 Å². The van der Waals surface area contributed by atoms with Crippen LogP contribution in [0.15, 0.2) is 57.9 Å². The van der Waals surface area contributed by atoms with Gasteiger partial charge in [0.1, 0.15) is 10.8 Å². The number of hydrogen-bond donors (Lipinski definition) is 2. The van der Waals surface area contributed by atoms with Crippen molar-refractivity contribution in [1.29, 1.82) is 0 Å². The Morgan fingerprint density at radius 3 is 2.90 bits per heavy atom. The zero-order chi connectivity index (χ0) is 21.6. The van der Waals surface area contributed by atoms with Gasteiger partial charge in [0.15, 0.2) is 0 Å². The van der Waals surface area contributed by atoms with Gasteiger partial charge in [-0.2, -0.15) is 0 Å². The first-order valence-electron chi connectivity index (χ1n) is 9.76. The third-order valence-corrected chi connectivity index (χ3v) is 6.82. The first kappa shape index (κ1) is 21.8. The summed E-state index contributed by atoms with van der Waals surface area (Å²) in [7, 11) is 0. The second kappa shape index (κ2) is 10.3. The van der Waals surface area contributed by atoms with Gasteiger partial charge in [0.2, 0.25) is 0 Å². The Morgan fingerprint density at radius 1 is 1.19 bits per heavy atom. The van der Waals surface area contributed by atoms with E-state index in [4.69, 9.17) is 16.1 Å². The van der Waals surface area contributed by atoms with Crippen molar-refractivity contribution >= 4 is 50.8 Å². The third kappa shape index (κ3) is 5.86. The van der Waals surface area contributed by atoms with Gasteiger partial charge in [-0.05, 0) is 37.3 Å². The molecule has 6 nitrogen and oxygen atoms in total. The molecule has 160 valence electrons. The average molecular weight is 473 g/mol. The highest BCUT2D eigenvalue weighted by atomic mass is 35.5. The highest BCUT2D eigenvalue weighted by molar-refractivity contribution is 7.98. The monoisotopic (exact) mass is 472 g/mol. The van der Waals surface area contributed by atoms with Crippen LogP contribution in [0.3, 0.4) is 0 Å². The van der Waals surface area contributed by atoms with E-state index in [0.717, 1.165) is 31.6 Å². The van der Waals surface area contributed by atoms with Gasteiger partial charge in [0.25, 0.3) is 5.91 Å². The molecule has 2 heterocycles. The summed E-state index contributed by atoms with van der Waals surface area (Å²) in [6.07, 6.45) is 0. The summed E-state index contributed by atoms with van der Waals surface area (Å²) in [4.78, 5) is 18.2. The lowest BCUT2D eigenvalue weighted by Crippen LogP contribution is -2.31. The summed E-state index contributed by atoms with van der Waals surface area (Å²) in [6.45, 7) is 3.69. The molecule has 0 fully saturated rings. The first-order valence-corrected chi connectivity index (χ1v) is 11.9. The summed E-state index contributed by atoms with van der Waals surface area (Å²) >= 11 is 9.23. The highest BCUT2D eigenvalue weighted by Gasteiger charge is 2.12. The maximum Gasteiger partial charge on any atom is 0.252 e. The average Bonchev–Trinajstić information content (AvgIpc) is 3.37. The van der Waals surface area contributed by atoms with Crippen molar-refractivity contribution in [2.45, 2.75) is 24.1 Å². The summed E-state index contributed by atoms with van der Waals surface area (Å²) in [5.41, 5.74) is 2.44. The number of halogens is 1. The number of thiazole rings is 1. The number of hydrogen-bond acceptors (Lipinski definition) is 7. The van der Waals surface area contributed by atoms with E-state index in [1.165, 1.54) is 0 Å². The molecule has 0 unspecified atom stereocenters. The molecule has 2 aromatic heterocycles. The van der Waals surface area contributed by atoms with Crippen LogP contribution in [0.4, 0.5) is 0 Å². The van der Waals surface area contributed by atoms with Crippen molar-refractivity contribution < 1.29 is 9.32 Å². The minimum absolute atomic E-state index is 0.0872. The number of nitrogens with zero attached hydrogens (tertiary/aromatic N) is 2. The number of carbonyl (C=O) groups is 1. The molecule has 2 N–H and O–H groups in total. The fourth-order valence-electron chi connectivity index (χ4n) is 3.00.